The molecule has 2 saturated heterocycles. The molecule has 0 saturated carbocycles. The smallest absolute Gasteiger partial charge is 0.281 e. The quantitative estimate of drug-likeness (QED) is 0.372. The number of rotatable bonds is 6. The molecule has 0 spiro atoms. The number of carbonyl (C=O) groups is 2. The molecule has 200 valence electrons. The van der Waals surface area contributed by atoms with Crippen molar-refractivity contribution in [3.63, 3.8) is 0 Å². The van der Waals surface area contributed by atoms with Crippen molar-refractivity contribution in [3.8, 4) is 5.69 Å². The van der Waals surface area contributed by atoms with Gasteiger partial charge in [-0.05, 0) is 83.8 Å². The van der Waals surface area contributed by atoms with Crippen molar-refractivity contribution < 1.29 is 9.59 Å². The molecule has 2 aromatic heterocycles. The van der Waals surface area contributed by atoms with E-state index in [1.165, 1.54) is 41.9 Å². The van der Waals surface area contributed by atoms with E-state index in [-0.39, 0.29) is 11.5 Å². The first-order chi connectivity index (χ1) is 18.3. The van der Waals surface area contributed by atoms with E-state index in [9.17, 15) is 14.4 Å². The molecule has 4 heterocycles. The fourth-order valence-electron chi connectivity index (χ4n) is 5.37. The summed E-state index contributed by atoms with van der Waals surface area (Å²) in [5.41, 5.74) is 5.60. The van der Waals surface area contributed by atoms with Gasteiger partial charge in [-0.2, -0.15) is 5.10 Å². The van der Waals surface area contributed by atoms with E-state index < -0.39 is 5.91 Å². The van der Waals surface area contributed by atoms with E-state index in [0.717, 1.165) is 37.2 Å². The first-order valence-electron chi connectivity index (χ1n) is 13.2. The number of nitrogens with one attached hydrogen (secondary N) is 2. The third-order valence-electron chi connectivity index (χ3n) is 7.50. The number of aromatic amines is 1. The number of piperidine rings is 1. The van der Waals surface area contributed by atoms with Gasteiger partial charge in [0, 0.05) is 24.8 Å². The maximum atomic E-state index is 13.1. The van der Waals surface area contributed by atoms with Crippen molar-refractivity contribution in [2.45, 2.75) is 52.5 Å². The highest BCUT2D eigenvalue weighted by molar-refractivity contribution is 7.15. The van der Waals surface area contributed by atoms with Gasteiger partial charge in [0.25, 0.3) is 17.4 Å². The SMILES string of the molecule is C/C(=N\NC(=O)c1ccc(C(=O)N2CCC(N3CCCC3)CC2)s1)c1c(C)[nH]n(-c2ccc(C)cc2)c1=O. The second-order valence-corrected chi connectivity index (χ2v) is 11.2. The Balaban J connectivity index is 1.21. The summed E-state index contributed by atoms with van der Waals surface area (Å²) in [6.07, 6.45) is 4.56. The summed E-state index contributed by atoms with van der Waals surface area (Å²) < 4.78 is 1.47. The van der Waals surface area contributed by atoms with Gasteiger partial charge in [0.05, 0.1) is 26.7 Å². The van der Waals surface area contributed by atoms with Gasteiger partial charge in [0.15, 0.2) is 0 Å². The number of aromatic nitrogens is 2. The lowest BCUT2D eigenvalue weighted by Crippen LogP contribution is -2.45. The second-order valence-electron chi connectivity index (χ2n) is 10.2. The topological polar surface area (TPSA) is 103 Å². The van der Waals surface area contributed by atoms with Crippen LogP contribution in [0.25, 0.3) is 5.69 Å². The van der Waals surface area contributed by atoms with E-state index in [0.29, 0.717) is 32.8 Å². The Kier molecular flexibility index (Phi) is 7.62. The van der Waals surface area contributed by atoms with Crippen LogP contribution in [0.4, 0.5) is 0 Å². The average Bonchev–Trinajstić information content (AvgIpc) is 3.68. The first kappa shape index (κ1) is 26.1. The number of aryl methyl sites for hydroxylation is 2. The third-order valence-corrected chi connectivity index (χ3v) is 8.57. The molecular weight excluding hydrogens is 500 g/mol. The van der Waals surface area contributed by atoms with Crippen LogP contribution in [0.2, 0.25) is 0 Å². The van der Waals surface area contributed by atoms with E-state index in [4.69, 9.17) is 0 Å². The molecule has 2 N–H and O–H groups in total. The van der Waals surface area contributed by atoms with Crippen LogP contribution in [0.1, 0.15) is 68.8 Å². The van der Waals surface area contributed by atoms with Gasteiger partial charge in [-0.25, -0.2) is 10.1 Å². The minimum absolute atomic E-state index is 0.0202. The second kappa shape index (κ2) is 11.1. The van der Waals surface area contributed by atoms with Gasteiger partial charge in [-0.15, -0.1) is 11.3 Å². The highest BCUT2D eigenvalue weighted by atomic mass is 32.1. The van der Waals surface area contributed by atoms with E-state index in [1.54, 1.807) is 26.0 Å². The Morgan fingerprint density at radius 3 is 2.32 bits per heavy atom. The van der Waals surface area contributed by atoms with Gasteiger partial charge >= 0.3 is 0 Å². The van der Waals surface area contributed by atoms with Crippen molar-refractivity contribution in [1.82, 2.24) is 25.0 Å². The van der Waals surface area contributed by atoms with E-state index >= 15 is 0 Å². The summed E-state index contributed by atoms with van der Waals surface area (Å²) in [4.78, 5) is 44.3. The zero-order chi connectivity index (χ0) is 26.8. The standard InChI is InChI=1S/C28H34N6O3S/c1-18-6-8-22(9-7-18)34-28(37)25(20(3)31-34)19(2)29-30-26(35)23-10-11-24(38-23)27(36)33-16-12-21(13-17-33)32-14-4-5-15-32/h6-11,21,31H,4-5,12-17H2,1-3H3,(H,30,35)/b29-19+. The zero-order valence-corrected chi connectivity index (χ0v) is 22.9. The van der Waals surface area contributed by atoms with Crippen LogP contribution in [0.3, 0.4) is 0 Å². The normalized spacial score (nSPS) is 17.2. The summed E-state index contributed by atoms with van der Waals surface area (Å²) in [5, 5.41) is 7.28. The number of amides is 2. The molecule has 2 aliphatic rings. The molecule has 0 aliphatic carbocycles. The lowest BCUT2D eigenvalue weighted by molar-refractivity contribution is 0.0649. The Morgan fingerprint density at radius 1 is 0.974 bits per heavy atom. The molecule has 0 unspecified atom stereocenters. The van der Waals surface area contributed by atoms with Crippen LogP contribution in [0.5, 0.6) is 0 Å². The summed E-state index contributed by atoms with van der Waals surface area (Å²) >= 11 is 1.17. The molecule has 38 heavy (non-hydrogen) atoms. The van der Waals surface area contributed by atoms with Gasteiger partial charge in [0.2, 0.25) is 0 Å². The predicted molar refractivity (Wildman–Crippen MR) is 150 cm³/mol. The largest absolute Gasteiger partial charge is 0.338 e. The monoisotopic (exact) mass is 534 g/mol. The van der Waals surface area contributed by atoms with Crippen LogP contribution >= 0.6 is 11.3 Å². The Hall–Kier alpha value is -3.50. The number of carbonyl (C=O) groups excluding carboxylic acids is 2. The first-order valence-corrected chi connectivity index (χ1v) is 14.0. The zero-order valence-electron chi connectivity index (χ0n) is 22.1. The minimum atomic E-state index is -0.409. The minimum Gasteiger partial charge on any atom is -0.338 e. The fraction of sp³-hybridized carbons (Fsp3) is 0.429. The summed E-state index contributed by atoms with van der Waals surface area (Å²) in [7, 11) is 0. The van der Waals surface area contributed by atoms with Crippen LogP contribution < -0.4 is 11.0 Å². The average molecular weight is 535 g/mol. The van der Waals surface area contributed by atoms with Crippen molar-refractivity contribution in [2.75, 3.05) is 26.2 Å². The van der Waals surface area contributed by atoms with Crippen LogP contribution in [0, 0.1) is 13.8 Å². The summed E-state index contributed by atoms with van der Waals surface area (Å²) in [6, 6.07) is 11.6. The van der Waals surface area contributed by atoms with Crippen LogP contribution in [-0.4, -0.2) is 69.3 Å². The number of hydrogen-bond acceptors (Lipinski definition) is 6. The number of hydrazone groups is 1. The lowest BCUT2D eigenvalue weighted by atomic mass is 10.0. The van der Waals surface area contributed by atoms with E-state index in [2.05, 4.69) is 20.5 Å². The Bertz CT molecular complexity index is 1400. The molecule has 0 atom stereocenters. The Morgan fingerprint density at radius 2 is 1.63 bits per heavy atom. The van der Waals surface area contributed by atoms with Crippen LogP contribution in [-0.2, 0) is 0 Å². The maximum Gasteiger partial charge on any atom is 0.281 e. The molecule has 5 rings (SSSR count). The van der Waals surface area contributed by atoms with Crippen LogP contribution in [0.15, 0.2) is 46.3 Å². The number of likely N-dealkylation sites (tertiary alicyclic amines) is 2. The molecule has 2 aliphatic heterocycles. The molecule has 10 heteroatoms. The van der Waals surface area contributed by atoms with Gasteiger partial charge in [-0.1, -0.05) is 17.7 Å². The number of hydrogen-bond donors (Lipinski definition) is 2. The highest BCUT2D eigenvalue weighted by Crippen LogP contribution is 2.24. The number of nitrogens with zero attached hydrogens (tertiary/aromatic N) is 4. The molecule has 1 aromatic carbocycles. The van der Waals surface area contributed by atoms with Gasteiger partial charge in [-0.3, -0.25) is 19.5 Å². The number of H-pyrrole nitrogens is 1. The number of benzene rings is 1. The molecule has 0 radical (unpaired) electrons. The number of thiophene rings is 1. The van der Waals surface area contributed by atoms with Gasteiger partial charge in [0.1, 0.15) is 0 Å². The third kappa shape index (κ3) is 5.37. The predicted octanol–water partition coefficient (Wildman–Crippen LogP) is 3.70. The van der Waals surface area contributed by atoms with E-state index in [1.807, 2.05) is 36.1 Å². The van der Waals surface area contributed by atoms with Crippen molar-refractivity contribution in [2.24, 2.45) is 5.10 Å². The summed E-state index contributed by atoms with van der Waals surface area (Å²) in [5.74, 6) is -0.429. The molecule has 0 bridgehead atoms. The fourth-order valence-corrected chi connectivity index (χ4v) is 6.23. The molecular formula is C28H34N6O3S. The lowest BCUT2D eigenvalue weighted by Gasteiger charge is -2.36. The molecule has 2 fully saturated rings. The molecule has 3 aromatic rings. The van der Waals surface area contributed by atoms with Crippen molar-refractivity contribution in [3.05, 3.63) is 73.3 Å². The van der Waals surface area contributed by atoms with Crippen molar-refractivity contribution >= 4 is 28.9 Å². The Labute approximate surface area is 226 Å². The van der Waals surface area contributed by atoms with Gasteiger partial charge < -0.3 is 9.80 Å². The van der Waals surface area contributed by atoms with Crippen molar-refractivity contribution in [1.29, 1.82) is 0 Å². The highest BCUT2D eigenvalue weighted by Gasteiger charge is 2.29. The summed E-state index contributed by atoms with van der Waals surface area (Å²) in [6.45, 7) is 9.33. The molecule has 2 amide bonds. The molecule has 9 nitrogen and oxygen atoms in total. The maximum absolute atomic E-state index is 13.1.